The summed E-state index contributed by atoms with van der Waals surface area (Å²) >= 11 is 3.26. The Kier molecular flexibility index (Phi) is 5.85. The molecule has 0 heterocycles. The van der Waals surface area contributed by atoms with Crippen molar-refractivity contribution in [1.82, 2.24) is 5.32 Å². The predicted molar refractivity (Wildman–Crippen MR) is 72.3 cm³/mol. The first-order chi connectivity index (χ1) is 8.49. The van der Waals surface area contributed by atoms with Gasteiger partial charge in [0.05, 0.1) is 5.56 Å². The van der Waals surface area contributed by atoms with Gasteiger partial charge in [0.1, 0.15) is 0 Å². The van der Waals surface area contributed by atoms with E-state index in [1.165, 1.54) is 0 Å². The predicted octanol–water partition coefficient (Wildman–Crippen LogP) is 2.38. The van der Waals surface area contributed by atoms with E-state index in [4.69, 9.17) is 4.74 Å². The van der Waals surface area contributed by atoms with Gasteiger partial charge in [0, 0.05) is 11.0 Å². The van der Waals surface area contributed by atoms with Gasteiger partial charge >= 0.3 is 5.97 Å². The van der Waals surface area contributed by atoms with Gasteiger partial charge in [-0.25, -0.2) is 4.79 Å². The molecular formula is C13H16BrNO3. The maximum absolute atomic E-state index is 11.6. The molecule has 0 saturated heterocycles. The zero-order valence-corrected chi connectivity index (χ0v) is 12.0. The van der Waals surface area contributed by atoms with Gasteiger partial charge in [0.15, 0.2) is 6.61 Å². The molecule has 4 nitrogen and oxygen atoms in total. The standard InChI is InChI=1S/C13H16BrNO3/c1-9(2)7-15-12(16)8-18-13(17)10-4-3-5-11(14)6-10/h3-6,9H,7-8H2,1-2H3,(H,15,16). The van der Waals surface area contributed by atoms with Crippen LogP contribution in [0.15, 0.2) is 28.7 Å². The first kappa shape index (κ1) is 14.7. The smallest absolute Gasteiger partial charge is 0.338 e. The third-order valence-electron chi connectivity index (χ3n) is 2.10. The number of nitrogens with one attached hydrogen (secondary N) is 1. The number of hydrogen-bond donors (Lipinski definition) is 1. The molecule has 0 radical (unpaired) electrons. The SMILES string of the molecule is CC(C)CNC(=O)COC(=O)c1cccc(Br)c1. The largest absolute Gasteiger partial charge is 0.452 e. The first-order valence-electron chi connectivity index (χ1n) is 5.68. The Bertz CT molecular complexity index is 432. The van der Waals surface area contributed by atoms with Crippen LogP contribution in [0.25, 0.3) is 0 Å². The Balaban J connectivity index is 2.39. The van der Waals surface area contributed by atoms with E-state index in [1.54, 1.807) is 18.2 Å². The van der Waals surface area contributed by atoms with E-state index in [0.29, 0.717) is 18.0 Å². The molecule has 0 aliphatic carbocycles. The molecule has 0 fully saturated rings. The van der Waals surface area contributed by atoms with Crippen molar-refractivity contribution < 1.29 is 14.3 Å². The number of amides is 1. The summed E-state index contributed by atoms with van der Waals surface area (Å²) in [5.74, 6) is -0.419. The van der Waals surface area contributed by atoms with Gasteiger partial charge in [-0.3, -0.25) is 4.79 Å². The molecule has 18 heavy (non-hydrogen) atoms. The van der Waals surface area contributed by atoms with Crippen molar-refractivity contribution >= 4 is 27.8 Å². The normalized spacial score (nSPS) is 10.2. The highest BCUT2D eigenvalue weighted by Gasteiger charge is 2.10. The molecule has 1 rings (SSSR count). The highest BCUT2D eigenvalue weighted by Crippen LogP contribution is 2.12. The van der Waals surface area contributed by atoms with Gasteiger partial charge < -0.3 is 10.1 Å². The zero-order valence-electron chi connectivity index (χ0n) is 10.4. The zero-order chi connectivity index (χ0) is 13.5. The Labute approximate surface area is 115 Å². The fourth-order valence-corrected chi connectivity index (χ4v) is 1.60. The van der Waals surface area contributed by atoms with Crippen molar-refractivity contribution in [3.63, 3.8) is 0 Å². The molecule has 98 valence electrons. The molecule has 1 N–H and O–H groups in total. The third-order valence-corrected chi connectivity index (χ3v) is 2.60. The van der Waals surface area contributed by atoms with E-state index < -0.39 is 5.97 Å². The number of ether oxygens (including phenoxy) is 1. The second kappa shape index (κ2) is 7.16. The molecule has 0 aliphatic rings. The summed E-state index contributed by atoms with van der Waals surface area (Å²) in [7, 11) is 0. The molecule has 0 bridgehead atoms. The highest BCUT2D eigenvalue weighted by molar-refractivity contribution is 9.10. The average molecular weight is 314 g/mol. The number of esters is 1. The summed E-state index contributed by atoms with van der Waals surface area (Å²) in [5, 5.41) is 2.67. The number of carbonyl (C=O) groups excluding carboxylic acids is 2. The van der Waals surface area contributed by atoms with Gasteiger partial charge in [-0.05, 0) is 24.1 Å². The van der Waals surface area contributed by atoms with E-state index in [0.717, 1.165) is 4.47 Å². The third kappa shape index (κ3) is 5.31. The molecule has 0 spiro atoms. The van der Waals surface area contributed by atoms with Crippen LogP contribution in [-0.2, 0) is 9.53 Å². The number of benzene rings is 1. The minimum atomic E-state index is -0.504. The van der Waals surface area contributed by atoms with Gasteiger partial charge in [0.2, 0.25) is 0 Å². The summed E-state index contributed by atoms with van der Waals surface area (Å²) in [5.41, 5.74) is 0.418. The maximum atomic E-state index is 11.6. The van der Waals surface area contributed by atoms with E-state index in [9.17, 15) is 9.59 Å². The average Bonchev–Trinajstić information content (AvgIpc) is 2.33. The van der Waals surface area contributed by atoms with Crippen molar-refractivity contribution in [2.45, 2.75) is 13.8 Å². The molecule has 1 amide bonds. The lowest BCUT2D eigenvalue weighted by Crippen LogP contribution is -2.31. The minimum absolute atomic E-state index is 0.252. The summed E-state index contributed by atoms with van der Waals surface area (Å²) in [4.78, 5) is 23.0. The molecule has 0 aromatic heterocycles. The second-order valence-electron chi connectivity index (χ2n) is 4.28. The Morgan fingerprint density at radius 3 is 2.72 bits per heavy atom. The Morgan fingerprint density at radius 1 is 1.39 bits per heavy atom. The first-order valence-corrected chi connectivity index (χ1v) is 6.47. The van der Waals surface area contributed by atoms with Crippen LogP contribution in [0.4, 0.5) is 0 Å². The van der Waals surface area contributed by atoms with Crippen molar-refractivity contribution in [3.05, 3.63) is 34.3 Å². The van der Waals surface area contributed by atoms with Crippen LogP contribution in [0.1, 0.15) is 24.2 Å². The van der Waals surface area contributed by atoms with Crippen LogP contribution >= 0.6 is 15.9 Å². The lowest BCUT2D eigenvalue weighted by molar-refractivity contribution is -0.124. The van der Waals surface area contributed by atoms with Gasteiger partial charge in [-0.2, -0.15) is 0 Å². The van der Waals surface area contributed by atoms with Crippen molar-refractivity contribution in [2.75, 3.05) is 13.2 Å². The van der Waals surface area contributed by atoms with Crippen LogP contribution in [0.5, 0.6) is 0 Å². The van der Waals surface area contributed by atoms with Gasteiger partial charge in [-0.15, -0.1) is 0 Å². The fourth-order valence-electron chi connectivity index (χ4n) is 1.20. The molecule has 5 heteroatoms. The van der Waals surface area contributed by atoms with Crippen LogP contribution in [0.2, 0.25) is 0 Å². The summed E-state index contributed by atoms with van der Waals surface area (Å²) < 4.78 is 5.70. The van der Waals surface area contributed by atoms with E-state index in [2.05, 4.69) is 21.2 Å². The monoisotopic (exact) mass is 313 g/mol. The molecule has 0 atom stereocenters. The van der Waals surface area contributed by atoms with Crippen molar-refractivity contribution in [2.24, 2.45) is 5.92 Å². The molecular weight excluding hydrogens is 298 g/mol. The van der Waals surface area contributed by atoms with E-state index >= 15 is 0 Å². The Morgan fingerprint density at radius 2 is 2.11 bits per heavy atom. The Hall–Kier alpha value is -1.36. The molecule has 1 aromatic carbocycles. The molecule has 0 unspecified atom stereocenters. The number of carbonyl (C=O) groups is 2. The maximum Gasteiger partial charge on any atom is 0.338 e. The lowest BCUT2D eigenvalue weighted by atomic mass is 10.2. The topological polar surface area (TPSA) is 55.4 Å². The molecule has 1 aromatic rings. The lowest BCUT2D eigenvalue weighted by Gasteiger charge is -2.08. The van der Waals surface area contributed by atoms with E-state index in [-0.39, 0.29) is 12.5 Å². The molecule has 0 aliphatic heterocycles. The number of halogens is 1. The van der Waals surface area contributed by atoms with Gasteiger partial charge in [-0.1, -0.05) is 35.8 Å². The number of hydrogen-bond acceptors (Lipinski definition) is 3. The van der Waals surface area contributed by atoms with Crippen molar-refractivity contribution in [1.29, 1.82) is 0 Å². The quantitative estimate of drug-likeness (QED) is 0.849. The summed E-state index contributed by atoms with van der Waals surface area (Å²) in [6.45, 7) is 4.31. The van der Waals surface area contributed by atoms with Crippen LogP contribution in [-0.4, -0.2) is 25.0 Å². The van der Waals surface area contributed by atoms with Crippen molar-refractivity contribution in [3.8, 4) is 0 Å². The summed E-state index contributed by atoms with van der Waals surface area (Å²) in [6, 6.07) is 6.83. The fraction of sp³-hybridized carbons (Fsp3) is 0.385. The van der Waals surface area contributed by atoms with Crippen LogP contribution < -0.4 is 5.32 Å². The van der Waals surface area contributed by atoms with Crippen LogP contribution in [0.3, 0.4) is 0 Å². The number of rotatable bonds is 5. The van der Waals surface area contributed by atoms with E-state index in [1.807, 2.05) is 19.9 Å². The minimum Gasteiger partial charge on any atom is -0.452 e. The van der Waals surface area contributed by atoms with Gasteiger partial charge in [0.25, 0.3) is 5.91 Å². The van der Waals surface area contributed by atoms with Crippen LogP contribution in [0, 0.1) is 5.92 Å². The highest BCUT2D eigenvalue weighted by atomic mass is 79.9. The summed E-state index contributed by atoms with van der Waals surface area (Å²) in [6.07, 6.45) is 0. The second-order valence-corrected chi connectivity index (χ2v) is 5.20. The molecule has 0 saturated carbocycles.